The minimum absolute atomic E-state index is 0.254. The van der Waals surface area contributed by atoms with Crippen LogP contribution >= 0.6 is 0 Å². The molecule has 0 bridgehead atoms. The zero-order valence-electron chi connectivity index (χ0n) is 14.7. The zero-order valence-corrected chi connectivity index (χ0v) is 14.7. The lowest BCUT2D eigenvalue weighted by Crippen LogP contribution is -3.13. The van der Waals surface area contributed by atoms with E-state index < -0.39 is 6.03 Å². The molecule has 0 saturated heterocycles. The number of amides is 3. The quantitative estimate of drug-likeness (QED) is 0.796. The number of carbonyl (C=O) groups excluding carboxylic acids is 2. The first kappa shape index (κ1) is 17.2. The fraction of sp³-hybridized carbons (Fsp3) is 0.300. The van der Waals surface area contributed by atoms with Gasteiger partial charge in [-0.15, -0.1) is 0 Å². The summed E-state index contributed by atoms with van der Waals surface area (Å²) < 4.78 is 0. The van der Waals surface area contributed by atoms with Crippen molar-refractivity contribution in [3.05, 3.63) is 64.7 Å². The van der Waals surface area contributed by atoms with Gasteiger partial charge in [0.25, 0.3) is 5.91 Å². The Morgan fingerprint density at radius 3 is 2.56 bits per heavy atom. The Kier molecular flexibility index (Phi) is 5.14. The lowest BCUT2D eigenvalue weighted by Gasteiger charge is -2.25. The molecule has 5 nitrogen and oxygen atoms in total. The minimum Gasteiger partial charge on any atom is -0.323 e. The van der Waals surface area contributed by atoms with Gasteiger partial charge in [-0.3, -0.25) is 10.1 Å². The standard InChI is InChI=1S/C20H23N3O2/c1-14-7-8-18(11-15(14)2)21-20(25)22-19(24)13-23-10-9-16-5-3-4-6-17(16)12-23/h3-8,11H,9-10,12-13H2,1-2H3,(H2,21,22,24,25)/p+1. The Bertz CT molecular complexity index is 801. The molecule has 1 heterocycles. The Morgan fingerprint density at radius 2 is 1.80 bits per heavy atom. The largest absolute Gasteiger partial charge is 0.326 e. The van der Waals surface area contributed by atoms with E-state index in [2.05, 4.69) is 22.8 Å². The van der Waals surface area contributed by atoms with Crippen molar-refractivity contribution in [1.82, 2.24) is 5.32 Å². The smallest absolute Gasteiger partial charge is 0.323 e. The summed E-state index contributed by atoms with van der Waals surface area (Å²) in [7, 11) is 0. The summed E-state index contributed by atoms with van der Waals surface area (Å²) in [6.45, 7) is 6.03. The molecule has 1 atom stereocenters. The second kappa shape index (κ2) is 7.49. The number of hydrogen-bond donors (Lipinski definition) is 3. The third-order valence-electron chi connectivity index (χ3n) is 4.74. The first-order valence-electron chi connectivity index (χ1n) is 8.59. The van der Waals surface area contributed by atoms with Crippen LogP contribution in [-0.4, -0.2) is 25.0 Å². The van der Waals surface area contributed by atoms with E-state index in [0.717, 1.165) is 30.6 Å². The summed E-state index contributed by atoms with van der Waals surface area (Å²) in [5.41, 5.74) is 5.60. The van der Waals surface area contributed by atoms with Crippen molar-refractivity contribution < 1.29 is 14.5 Å². The second-order valence-corrected chi connectivity index (χ2v) is 6.67. The van der Waals surface area contributed by atoms with Gasteiger partial charge in [-0.25, -0.2) is 4.79 Å². The fourth-order valence-corrected chi connectivity index (χ4v) is 3.17. The molecule has 1 aliphatic heterocycles. The van der Waals surface area contributed by atoms with Gasteiger partial charge in [0.15, 0.2) is 6.54 Å². The zero-order chi connectivity index (χ0) is 17.8. The van der Waals surface area contributed by atoms with Crippen molar-refractivity contribution in [2.45, 2.75) is 26.8 Å². The molecular formula is C20H24N3O2+. The Balaban J connectivity index is 1.51. The van der Waals surface area contributed by atoms with E-state index in [1.165, 1.54) is 16.0 Å². The van der Waals surface area contributed by atoms with Crippen LogP contribution < -0.4 is 15.5 Å². The number of aryl methyl sites for hydroxylation is 2. The molecule has 0 aromatic heterocycles. The lowest BCUT2D eigenvalue weighted by molar-refractivity contribution is -0.908. The Hall–Kier alpha value is -2.66. The van der Waals surface area contributed by atoms with Gasteiger partial charge in [-0.05, 0) is 42.7 Å². The molecule has 1 aliphatic rings. The molecule has 5 heteroatoms. The van der Waals surface area contributed by atoms with Crippen LogP contribution in [0.4, 0.5) is 10.5 Å². The van der Waals surface area contributed by atoms with Gasteiger partial charge < -0.3 is 10.2 Å². The molecule has 1 unspecified atom stereocenters. The van der Waals surface area contributed by atoms with E-state index in [-0.39, 0.29) is 5.91 Å². The molecule has 3 amide bonds. The number of benzene rings is 2. The topological polar surface area (TPSA) is 62.6 Å². The van der Waals surface area contributed by atoms with Crippen LogP contribution in [0.1, 0.15) is 22.3 Å². The molecular weight excluding hydrogens is 314 g/mol. The number of rotatable bonds is 3. The van der Waals surface area contributed by atoms with Gasteiger partial charge in [-0.1, -0.05) is 30.3 Å². The average Bonchev–Trinajstić information content (AvgIpc) is 2.58. The maximum absolute atomic E-state index is 12.2. The Labute approximate surface area is 148 Å². The van der Waals surface area contributed by atoms with E-state index in [1.807, 2.05) is 44.2 Å². The van der Waals surface area contributed by atoms with Gasteiger partial charge in [0.1, 0.15) is 6.54 Å². The number of nitrogens with one attached hydrogen (secondary N) is 3. The summed E-state index contributed by atoms with van der Waals surface area (Å²) in [5, 5.41) is 5.14. The van der Waals surface area contributed by atoms with E-state index in [9.17, 15) is 9.59 Å². The Morgan fingerprint density at radius 1 is 1.04 bits per heavy atom. The minimum atomic E-state index is -0.481. The van der Waals surface area contributed by atoms with Crippen LogP contribution in [0, 0.1) is 13.8 Å². The highest BCUT2D eigenvalue weighted by atomic mass is 16.2. The van der Waals surface area contributed by atoms with Gasteiger partial charge >= 0.3 is 6.03 Å². The van der Waals surface area contributed by atoms with Crippen LogP contribution in [0.2, 0.25) is 0 Å². The highest BCUT2D eigenvalue weighted by molar-refractivity contribution is 6.01. The third-order valence-corrected chi connectivity index (χ3v) is 4.74. The van der Waals surface area contributed by atoms with Crippen LogP contribution in [0.25, 0.3) is 0 Å². The van der Waals surface area contributed by atoms with Crippen molar-refractivity contribution in [2.75, 3.05) is 18.4 Å². The van der Waals surface area contributed by atoms with Crippen LogP contribution in [0.3, 0.4) is 0 Å². The van der Waals surface area contributed by atoms with E-state index in [1.54, 1.807) is 0 Å². The third kappa shape index (κ3) is 4.45. The first-order valence-corrected chi connectivity index (χ1v) is 8.59. The van der Waals surface area contributed by atoms with Crippen molar-refractivity contribution >= 4 is 17.6 Å². The lowest BCUT2D eigenvalue weighted by atomic mass is 10.00. The molecule has 0 saturated carbocycles. The van der Waals surface area contributed by atoms with Crippen molar-refractivity contribution in [3.63, 3.8) is 0 Å². The van der Waals surface area contributed by atoms with Crippen molar-refractivity contribution in [2.24, 2.45) is 0 Å². The maximum atomic E-state index is 12.2. The number of anilines is 1. The summed E-state index contributed by atoms with van der Waals surface area (Å²) >= 11 is 0. The average molecular weight is 338 g/mol. The SMILES string of the molecule is Cc1ccc(NC(=O)NC(=O)C[NH+]2CCc3ccccc3C2)cc1C. The van der Waals surface area contributed by atoms with Gasteiger partial charge in [0, 0.05) is 17.7 Å². The fourth-order valence-electron chi connectivity index (χ4n) is 3.17. The number of fused-ring (bicyclic) bond motifs is 1. The predicted octanol–water partition coefficient (Wildman–Crippen LogP) is 1.59. The van der Waals surface area contributed by atoms with Crippen LogP contribution in [-0.2, 0) is 17.8 Å². The molecule has 25 heavy (non-hydrogen) atoms. The molecule has 2 aromatic carbocycles. The molecule has 0 fully saturated rings. The van der Waals surface area contributed by atoms with Crippen molar-refractivity contribution in [1.29, 1.82) is 0 Å². The number of hydrogen-bond acceptors (Lipinski definition) is 2. The number of imide groups is 1. The second-order valence-electron chi connectivity index (χ2n) is 6.67. The molecule has 3 rings (SSSR count). The summed E-state index contributed by atoms with van der Waals surface area (Å²) in [6.07, 6.45) is 0.966. The van der Waals surface area contributed by atoms with Crippen LogP contribution in [0.15, 0.2) is 42.5 Å². The molecule has 0 spiro atoms. The highest BCUT2D eigenvalue weighted by Gasteiger charge is 2.22. The normalized spacial score (nSPS) is 16.0. The molecule has 3 N–H and O–H groups in total. The maximum Gasteiger partial charge on any atom is 0.326 e. The van der Waals surface area contributed by atoms with Crippen molar-refractivity contribution in [3.8, 4) is 0 Å². The molecule has 0 radical (unpaired) electrons. The van der Waals surface area contributed by atoms with E-state index in [4.69, 9.17) is 0 Å². The van der Waals surface area contributed by atoms with Gasteiger partial charge in [0.2, 0.25) is 0 Å². The number of urea groups is 1. The molecule has 0 aliphatic carbocycles. The number of quaternary nitrogens is 1. The van der Waals surface area contributed by atoms with Crippen LogP contribution in [0.5, 0.6) is 0 Å². The van der Waals surface area contributed by atoms with Gasteiger partial charge in [0.05, 0.1) is 6.54 Å². The number of carbonyl (C=O) groups is 2. The summed E-state index contributed by atoms with van der Waals surface area (Å²) in [4.78, 5) is 25.3. The van der Waals surface area contributed by atoms with E-state index in [0.29, 0.717) is 12.2 Å². The van der Waals surface area contributed by atoms with E-state index >= 15 is 0 Å². The monoisotopic (exact) mass is 338 g/mol. The first-order chi connectivity index (χ1) is 12.0. The molecule has 2 aromatic rings. The predicted molar refractivity (Wildman–Crippen MR) is 97.6 cm³/mol. The van der Waals surface area contributed by atoms with Gasteiger partial charge in [-0.2, -0.15) is 0 Å². The summed E-state index contributed by atoms with van der Waals surface area (Å²) in [5.74, 6) is -0.254. The molecule has 130 valence electrons. The summed E-state index contributed by atoms with van der Waals surface area (Å²) in [6, 6.07) is 13.5. The highest BCUT2D eigenvalue weighted by Crippen LogP contribution is 2.14.